The Balaban J connectivity index is 1.51. The molecule has 0 aliphatic carbocycles. The van der Waals surface area contributed by atoms with Gasteiger partial charge in [0.2, 0.25) is 0 Å². The van der Waals surface area contributed by atoms with E-state index in [2.05, 4.69) is 55.3 Å². The largest absolute Gasteiger partial charge is 0.481 e. The average molecular weight is 411 g/mol. The van der Waals surface area contributed by atoms with E-state index in [4.69, 9.17) is 9.47 Å². The van der Waals surface area contributed by atoms with E-state index in [0.717, 1.165) is 37.6 Å². The Hall–Kier alpha value is -2.37. The molecule has 162 valence electrons. The Bertz CT molecular complexity index is 837. The molecule has 0 bridgehead atoms. The third-order valence-electron chi connectivity index (χ3n) is 5.40. The average Bonchev–Trinajstić information content (AvgIpc) is 2.72. The summed E-state index contributed by atoms with van der Waals surface area (Å²) >= 11 is 0. The van der Waals surface area contributed by atoms with Crippen molar-refractivity contribution >= 4 is 5.91 Å². The maximum atomic E-state index is 12.5. The molecule has 2 unspecified atom stereocenters. The van der Waals surface area contributed by atoms with Crippen LogP contribution >= 0.6 is 0 Å². The van der Waals surface area contributed by atoms with Crippen molar-refractivity contribution < 1.29 is 14.3 Å². The molecular weight excluding hydrogens is 376 g/mol. The lowest BCUT2D eigenvalue weighted by Gasteiger charge is -2.31. The summed E-state index contributed by atoms with van der Waals surface area (Å²) in [5, 5.41) is 3.00. The standard InChI is InChI=1S/C25H34N2O3/c1-18(2)23-9-6-10-24(14-23)30-20(4)25(28)26-15-21-7-5-8-22(13-21)17-27-11-12-29-19(3)16-27/h5-10,13-14,18-20H,11-12,15-17H2,1-4H3,(H,26,28). The van der Waals surface area contributed by atoms with Gasteiger partial charge in [-0.2, -0.15) is 0 Å². The second-order valence-corrected chi connectivity index (χ2v) is 8.44. The Kier molecular flexibility index (Phi) is 7.88. The summed E-state index contributed by atoms with van der Waals surface area (Å²) in [5.41, 5.74) is 3.55. The van der Waals surface area contributed by atoms with Crippen LogP contribution in [0.15, 0.2) is 48.5 Å². The summed E-state index contributed by atoms with van der Waals surface area (Å²) < 4.78 is 11.5. The molecule has 3 rings (SSSR count). The predicted molar refractivity (Wildman–Crippen MR) is 120 cm³/mol. The summed E-state index contributed by atoms with van der Waals surface area (Å²) in [5.74, 6) is 1.04. The molecule has 30 heavy (non-hydrogen) atoms. The first-order valence-electron chi connectivity index (χ1n) is 10.9. The molecule has 1 saturated heterocycles. The lowest BCUT2D eigenvalue weighted by molar-refractivity contribution is -0.127. The van der Waals surface area contributed by atoms with Crippen LogP contribution in [-0.4, -0.2) is 42.7 Å². The number of carbonyl (C=O) groups excluding carboxylic acids is 1. The molecule has 0 radical (unpaired) electrons. The highest BCUT2D eigenvalue weighted by molar-refractivity contribution is 5.80. The van der Waals surface area contributed by atoms with Crippen LogP contribution in [0.1, 0.15) is 50.3 Å². The lowest BCUT2D eigenvalue weighted by Crippen LogP contribution is -2.40. The molecule has 0 spiro atoms. The highest BCUT2D eigenvalue weighted by Crippen LogP contribution is 2.21. The van der Waals surface area contributed by atoms with Crippen molar-refractivity contribution in [2.24, 2.45) is 0 Å². The molecule has 1 heterocycles. The Labute approximate surface area is 180 Å². The van der Waals surface area contributed by atoms with Crippen LogP contribution in [0.25, 0.3) is 0 Å². The van der Waals surface area contributed by atoms with Crippen molar-refractivity contribution in [3.8, 4) is 5.75 Å². The molecule has 1 N–H and O–H groups in total. The van der Waals surface area contributed by atoms with Crippen molar-refractivity contribution in [1.82, 2.24) is 10.2 Å². The fourth-order valence-electron chi connectivity index (χ4n) is 3.67. The molecule has 1 aliphatic heterocycles. The van der Waals surface area contributed by atoms with Crippen LogP contribution in [0.4, 0.5) is 0 Å². The number of hydrogen-bond donors (Lipinski definition) is 1. The highest BCUT2D eigenvalue weighted by atomic mass is 16.5. The number of hydrogen-bond acceptors (Lipinski definition) is 4. The summed E-state index contributed by atoms with van der Waals surface area (Å²) in [6, 6.07) is 16.3. The highest BCUT2D eigenvalue weighted by Gasteiger charge is 2.17. The van der Waals surface area contributed by atoms with Gasteiger partial charge in [0.05, 0.1) is 12.7 Å². The number of nitrogens with zero attached hydrogens (tertiary/aromatic N) is 1. The van der Waals surface area contributed by atoms with Gasteiger partial charge in [0.15, 0.2) is 6.10 Å². The van der Waals surface area contributed by atoms with E-state index in [1.807, 2.05) is 24.3 Å². The normalized spacial score (nSPS) is 18.2. The molecule has 5 heteroatoms. The fourth-order valence-corrected chi connectivity index (χ4v) is 3.67. The van der Waals surface area contributed by atoms with E-state index < -0.39 is 6.10 Å². The van der Waals surface area contributed by atoms with Crippen molar-refractivity contribution in [2.75, 3.05) is 19.7 Å². The predicted octanol–water partition coefficient (Wildman–Crippen LogP) is 4.11. The third kappa shape index (κ3) is 6.57. The zero-order valence-electron chi connectivity index (χ0n) is 18.6. The molecule has 2 aromatic rings. The summed E-state index contributed by atoms with van der Waals surface area (Å²) in [7, 11) is 0. The molecule has 0 aromatic heterocycles. The summed E-state index contributed by atoms with van der Waals surface area (Å²) in [6.07, 6.45) is -0.269. The fraction of sp³-hybridized carbons (Fsp3) is 0.480. The third-order valence-corrected chi connectivity index (χ3v) is 5.40. The first kappa shape index (κ1) is 22.3. The van der Waals surface area contributed by atoms with Crippen molar-refractivity contribution in [2.45, 2.75) is 58.9 Å². The summed E-state index contributed by atoms with van der Waals surface area (Å²) in [4.78, 5) is 14.9. The number of amides is 1. The van der Waals surface area contributed by atoms with Gasteiger partial charge < -0.3 is 14.8 Å². The van der Waals surface area contributed by atoms with E-state index in [-0.39, 0.29) is 12.0 Å². The Morgan fingerprint density at radius 2 is 1.93 bits per heavy atom. The molecular formula is C25H34N2O3. The van der Waals surface area contributed by atoms with Crippen LogP contribution in [0.5, 0.6) is 5.75 Å². The van der Waals surface area contributed by atoms with Gasteiger partial charge in [-0.3, -0.25) is 9.69 Å². The van der Waals surface area contributed by atoms with Gasteiger partial charge in [0.1, 0.15) is 5.75 Å². The molecule has 5 nitrogen and oxygen atoms in total. The van der Waals surface area contributed by atoms with Gasteiger partial charge in [0, 0.05) is 26.2 Å². The molecule has 0 saturated carbocycles. The number of benzene rings is 2. The minimum atomic E-state index is -0.551. The number of ether oxygens (including phenoxy) is 2. The molecule has 2 aromatic carbocycles. The van der Waals surface area contributed by atoms with Gasteiger partial charge in [-0.05, 0) is 48.6 Å². The van der Waals surface area contributed by atoms with Gasteiger partial charge in [0.25, 0.3) is 5.91 Å². The zero-order chi connectivity index (χ0) is 21.5. The number of nitrogens with one attached hydrogen (secondary N) is 1. The first-order valence-corrected chi connectivity index (χ1v) is 10.9. The topological polar surface area (TPSA) is 50.8 Å². The van der Waals surface area contributed by atoms with Gasteiger partial charge >= 0.3 is 0 Å². The van der Waals surface area contributed by atoms with Gasteiger partial charge in [-0.1, -0.05) is 50.2 Å². The summed E-state index contributed by atoms with van der Waals surface area (Å²) in [6.45, 7) is 12.3. The van der Waals surface area contributed by atoms with Crippen LogP contribution in [0, 0.1) is 0 Å². The minimum absolute atomic E-state index is 0.114. The van der Waals surface area contributed by atoms with E-state index in [0.29, 0.717) is 12.5 Å². The van der Waals surface area contributed by atoms with Crippen LogP contribution in [0.3, 0.4) is 0 Å². The van der Waals surface area contributed by atoms with Crippen molar-refractivity contribution in [1.29, 1.82) is 0 Å². The monoisotopic (exact) mass is 410 g/mol. The maximum Gasteiger partial charge on any atom is 0.261 e. The SMILES string of the molecule is CC1CN(Cc2cccc(CNC(=O)C(C)Oc3cccc(C(C)C)c3)c2)CCO1. The van der Waals surface area contributed by atoms with E-state index in [1.165, 1.54) is 11.1 Å². The van der Waals surface area contributed by atoms with Crippen LogP contribution < -0.4 is 10.1 Å². The lowest BCUT2D eigenvalue weighted by atomic mass is 10.0. The second-order valence-electron chi connectivity index (χ2n) is 8.44. The smallest absolute Gasteiger partial charge is 0.261 e. The van der Waals surface area contributed by atoms with Crippen molar-refractivity contribution in [3.63, 3.8) is 0 Å². The van der Waals surface area contributed by atoms with E-state index in [1.54, 1.807) is 6.92 Å². The Morgan fingerprint density at radius 3 is 2.70 bits per heavy atom. The van der Waals surface area contributed by atoms with Crippen LogP contribution in [-0.2, 0) is 22.6 Å². The number of carbonyl (C=O) groups is 1. The van der Waals surface area contributed by atoms with E-state index >= 15 is 0 Å². The maximum absolute atomic E-state index is 12.5. The molecule has 1 aliphatic rings. The number of morpholine rings is 1. The zero-order valence-corrected chi connectivity index (χ0v) is 18.6. The molecule has 1 amide bonds. The number of rotatable bonds is 8. The molecule has 1 fully saturated rings. The van der Waals surface area contributed by atoms with Gasteiger partial charge in [-0.25, -0.2) is 0 Å². The quantitative estimate of drug-likeness (QED) is 0.711. The first-order chi connectivity index (χ1) is 14.4. The minimum Gasteiger partial charge on any atom is -0.481 e. The van der Waals surface area contributed by atoms with Crippen LogP contribution in [0.2, 0.25) is 0 Å². The van der Waals surface area contributed by atoms with Gasteiger partial charge in [-0.15, -0.1) is 0 Å². The second kappa shape index (κ2) is 10.6. The molecule has 2 atom stereocenters. The Morgan fingerprint density at radius 1 is 1.17 bits per heavy atom. The van der Waals surface area contributed by atoms with E-state index in [9.17, 15) is 4.79 Å². The van der Waals surface area contributed by atoms with Crippen molar-refractivity contribution in [3.05, 3.63) is 65.2 Å².